The van der Waals surface area contributed by atoms with Crippen LogP contribution in [0, 0.1) is 0 Å². The van der Waals surface area contributed by atoms with E-state index in [1.54, 1.807) is 0 Å². The minimum atomic E-state index is 0.205. The van der Waals surface area contributed by atoms with Crippen LogP contribution in [0.15, 0.2) is 28.7 Å². The molecule has 0 spiro atoms. The number of hydrogen-bond donors (Lipinski definition) is 1. The number of nitrogens with zero attached hydrogens (tertiary/aromatic N) is 2. The van der Waals surface area contributed by atoms with Crippen molar-refractivity contribution < 1.29 is 13.9 Å². The lowest BCUT2D eigenvalue weighted by Gasteiger charge is -2.34. The molecule has 0 unspecified atom stereocenters. The Kier molecular flexibility index (Phi) is 3.50. The lowest BCUT2D eigenvalue weighted by atomic mass is 10.1. The Morgan fingerprint density at radius 3 is 2.81 bits per heavy atom. The summed E-state index contributed by atoms with van der Waals surface area (Å²) in [7, 11) is 0. The SMILES string of the molecule is c1ccc2oc(N[C@H]3COC[C@@H]3N3CCOCC3)nc2c1. The molecule has 0 saturated carbocycles. The van der Waals surface area contributed by atoms with Crippen molar-refractivity contribution in [3.8, 4) is 0 Å². The number of rotatable bonds is 3. The van der Waals surface area contributed by atoms with E-state index < -0.39 is 0 Å². The van der Waals surface area contributed by atoms with Gasteiger partial charge in [0.25, 0.3) is 6.01 Å². The minimum absolute atomic E-state index is 0.205. The van der Waals surface area contributed by atoms with Crippen molar-refractivity contribution in [3.63, 3.8) is 0 Å². The van der Waals surface area contributed by atoms with Gasteiger partial charge in [-0.2, -0.15) is 4.98 Å². The molecule has 6 heteroatoms. The highest BCUT2D eigenvalue weighted by Crippen LogP contribution is 2.22. The summed E-state index contributed by atoms with van der Waals surface area (Å²) in [5.74, 6) is 0. The van der Waals surface area contributed by atoms with Crippen LogP contribution >= 0.6 is 0 Å². The van der Waals surface area contributed by atoms with Crippen LogP contribution in [0.25, 0.3) is 11.1 Å². The number of fused-ring (bicyclic) bond motifs is 1. The van der Waals surface area contributed by atoms with Crippen LogP contribution < -0.4 is 5.32 Å². The molecule has 2 aliphatic rings. The average Bonchev–Trinajstić information content (AvgIpc) is 3.14. The topological polar surface area (TPSA) is 59.8 Å². The molecule has 2 fully saturated rings. The number of anilines is 1. The fourth-order valence-electron chi connectivity index (χ4n) is 3.04. The Hall–Kier alpha value is -1.63. The van der Waals surface area contributed by atoms with Crippen LogP contribution in [0.4, 0.5) is 6.01 Å². The maximum Gasteiger partial charge on any atom is 0.296 e. The predicted octanol–water partition coefficient (Wildman–Crippen LogP) is 1.34. The van der Waals surface area contributed by atoms with Crippen LogP contribution in [0.3, 0.4) is 0 Å². The Bertz CT molecular complexity index is 576. The third-order valence-corrected chi connectivity index (χ3v) is 4.17. The van der Waals surface area contributed by atoms with Crippen LogP contribution in [-0.4, -0.2) is 61.5 Å². The van der Waals surface area contributed by atoms with E-state index in [-0.39, 0.29) is 6.04 Å². The van der Waals surface area contributed by atoms with E-state index in [1.165, 1.54) is 0 Å². The molecule has 0 bridgehead atoms. The van der Waals surface area contributed by atoms with Crippen molar-refractivity contribution >= 4 is 17.1 Å². The number of oxazole rings is 1. The molecule has 2 aromatic rings. The van der Waals surface area contributed by atoms with Crippen molar-refractivity contribution in [2.24, 2.45) is 0 Å². The maximum atomic E-state index is 5.74. The molecule has 1 N–H and O–H groups in total. The van der Waals surface area contributed by atoms with Gasteiger partial charge in [0.05, 0.1) is 38.5 Å². The van der Waals surface area contributed by atoms with Gasteiger partial charge in [-0.15, -0.1) is 0 Å². The van der Waals surface area contributed by atoms with Crippen LogP contribution in [-0.2, 0) is 9.47 Å². The molecule has 2 aliphatic heterocycles. The first-order valence-electron chi connectivity index (χ1n) is 7.42. The summed E-state index contributed by atoms with van der Waals surface area (Å²) in [6.07, 6.45) is 0. The van der Waals surface area contributed by atoms with E-state index in [0.717, 1.165) is 44.0 Å². The Morgan fingerprint density at radius 1 is 1.10 bits per heavy atom. The van der Waals surface area contributed by atoms with Crippen molar-refractivity contribution in [1.82, 2.24) is 9.88 Å². The van der Waals surface area contributed by atoms with E-state index in [1.807, 2.05) is 24.3 Å². The van der Waals surface area contributed by atoms with E-state index in [4.69, 9.17) is 13.9 Å². The number of hydrogen-bond acceptors (Lipinski definition) is 6. The predicted molar refractivity (Wildman–Crippen MR) is 78.4 cm³/mol. The zero-order chi connectivity index (χ0) is 14.1. The number of aromatic nitrogens is 1. The molecule has 1 aromatic carbocycles. The largest absolute Gasteiger partial charge is 0.424 e. The molecular weight excluding hydrogens is 270 g/mol. The minimum Gasteiger partial charge on any atom is -0.424 e. The molecular formula is C15H19N3O3. The van der Waals surface area contributed by atoms with Gasteiger partial charge >= 0.3 is 0 Å². The number of benzene rings is 1. The van der Waals surface area contributed by atoms with E-state index in [9.17, 15) is 0 Å². The molecule has 3 heterocycles. The summed E-state index contributed by atoms with van der Waals surface area (Å²) in [6.45, 7) is 4.94. The first-order valence-corrected chi connectivity index (χ1v) is 7.42. The highest BCUT2D eigenvalue weighted by Gasteiger charge is 2.34. The fraction of sp³-hybridized carbons (Fsp3) is 0.533. The smallest absolute Gasteiger partial charge is 0.296 e. The summed E-state index contributed by atoms with van der Waals surface area (Å²) in [4.78, 5) is 6.91. The summed E-state index contributed by atoms with van der Waals surface area (Å²) in [5, 5.41) is 3.39. The molecule has 112 valence electrons. The summed E-state index contributed by atoms with van der Waals surface area (Å²) in [6, 6.07) is 8.92. The highest BCUT2D eigenvalue weighted by atomic mass is 16.5. The summed E-state index contributed by atoms with van der Waals surface area (Å²) >= 11 is 0. The Morgan fingerprint density at radius 2 is 1.95 bits per heavy atom. The lowest BCUT2D eigenvalue weighted by Crippen LogP contribution is -2.50. The van der Waals surface area contributed by atoms with Gasteiger partial charge in [0, 0.05) is 13.1 Å². The number of nitrogens with one attached hydrogen (secondary N) is 1. The molecule has 4 rings (SSSR count). The summed E-state index contributed by atoms with van der Waals surface area (Å²) < 4.78 is 16.8. The standard InChI is InChI=1S/C15H19N3O3/c1-2-4-14-11(3-1)16-15(21-14)17-12-9-20-10-13(12)18-5-7-19-8-6-18/h1-4,12-13H,5-10H2,(H,16,17)/t12-,13-/m0/s1. The third-order valence-electron chi connectivity index (χ3n) is 4.17. The maximum absolute atomic E-state index is 5.74. The molecule has 0 radical (unpaired) electrons. The molecule has 1 aromatic heterocycles. The normalized spacial score (nSPS) is 27.2. The molecule has 6 nitrogen and oxygen atoms in total. The van der Waals surface area contributed by atoms with Gasteiger partial charge in [0.2, 0.25) is 0 Å². The van der Waals surface area contributed by atoms with Crippen molar-refractivity contribution in [1.29, 1.82) is 0 Å². The second-order valence-electron chi connectivity index (χ2n) is 5.49. The van der Waals surface area contributed by atoms with Crippen LogP contribution in [0.1, 0.15) is 0 Å². The molecule has 0 amide bonds. The van der Waals surface area contributed by atoms with Gasteiger partial charge in [-0.05, 0) is 12.1 Å². The van der Waals surface area contributed by atoms with Gasteiger partial charge in [0.15, 0.2) is 5.58 Å². The van der Waals surface area contributed by atoms with Crippen LogP contribution in [0.2, 0.25) is 0 Å². The first kappa shape index (κ1) is 13.1. The first-order chi connectivity index (χ1) is 10.4. The summed E-state index contributed by atoms with van der Waals surface area (Å²) in [5.41, 5.74) is 1.68. The van der Waals surface area contributed by atoms with E-state index in [2.05, 4.69) is 15.2 Å². The average molecular weight is 289 g/mol. The molecule has 21 heavy (non-hydrogen) atoms. The monoisotopic (exact) mass is 289 g/mol. The van der Waals surface area contributed by atoms with Gasteiger partial charge in [-0.25, -0.2) is 0 Å². The quantitative estimate of drug-likeness (QED) is 0.920. The van der Waals surface area contributed by atoms with Gasteiger partial charge in [-0.1, -0.05) is 12.1 Å². The number of ether oxygens (including phenoxy) is 2. The Balaban J connectivity index is 1.49. The number of para-hydroxylation sites is 2. The van der Waals surface area contributed by atoms with E-state index >= 15 is 0 Å². The van der Waals surface area contributed by atoms with E-state index in [0.29, 0.717) is 18.7 Å². The van der Waals surface area contributed by atoms with Gasteiger partial charge in [0.1, 0.15) is 5.52 Å². The second-order valence-corrected chi connectivity index (χ2v) is 5.49. The zero-order valence-corrected chi connectivity index (χ0v) is 11.8. The highest BCUT2D eigenvalue weighted by molar-refractivity contribution is 5.74. The zero-order valence-electron chi connectivity index (χ0n) is 11.8. The van der Waals surface area contributed by atoms with Crippen molar-refractivity contribution in [2.75, 3.05) is 44.8 Å². The molecule has 0 aliphatic carbocycles. The van der Waals surface area contributed by atoms with Gasteiger partial charge < -0.3 is 19.2 Å². The van der Waals surface area contributed by atoms with Crippen LogP contribution in [0.5, 0.6) is 0 Å². The van der Waals surface area contributed by atoms with Crippen molar-refractivity contribution in [3.05, 3.63) is 24.3 Å². The number of morpholine rings is 1. The third kappa shape index (κ3) is 2.62. The van der Waals surface area contributed by atoms with Gasteiger partial charge in [-0.3, -0.25) is 4.90 Å². The molecule has 2 saturated heterocycles. The fourth-order valence-corrected chi connectivity index (χ4v) is 3.04. The Labute approximate surface area is 123 Å². The van der Waals surface area contributed by atoms with Crippen molar-refractivity contribution in [2.45, 2.75) is 12.1 Å². The second kappa shape index (κ2) is 5.63. The lowest BCUT2D eigenvalue weighted by molar-refractivity contribution is 0.0130. The molecule has 2 atom stereocenters.